The van der Waals surface area contributed by atoms with E-state index in [0.717, 1.165) is 12.8 Å². The first-order valence-electron chi connectivity index (χ1n) is 5.97. The topological polar surface area (TPSA) is 77.8 Å². The maximum atomic E-state index is 12.2. The third-order valence-corrected chi connectivity index (χ3v) is 3.21. The molecule has 0 aromatic heterocycles. The van der Waals surface area contributed by atoms with Crippen LogP contribution in [-0.2, 0) is 4.79 Å². The van der Waals surface area contributed by atoms with Gasteiger partial charge in [-0.05, 0) is 37.0 Å². The highest BCUT2D eigenvalue weighted by molar-refractivity contribution is 6.30. The summed E-state index contributed by atoms with van der Waals surface area (Å²) in [5, 5.41) is 18.9. The number of aliphatic carboxylic acids is 1. The number of amides is 1. The lowest BCUT2D eigenvalue weighted by atomic mass is 10.1. The zero-order valence-corrected chi connectivity index (χ0v) is 10.9. The Morgan fingerprint density at radius 1 is 1.37 bits per heavy atom. The van der Waals surface area contributed by atoms with Crippen molar-refractivity contribution in [2.75, 3.05) is 13.1 Å². The normalized spacial score (nSPS) is 14.2. The van der Waals surface area contributed by atoms with Crippen molar-refractivity contribution in [2.24, 2.45) is 5.92 Å². The number of phenols is 1. The van der Waals surface area contributed by atoms with Crippen LogP contribution >= 0.6 is 11.6 Å². The monoisotopic (exact) mass is 283 g/mol. The Bertz CT molecular complexity index is 513. The Hall–Kier alpha value is -1.75. The molecule has 2 rings (SSSR count). The zero-order valence-electron chi connectivity index (χ0n) is 10.2. The van der Waals surface area contributed by atoms with Gasteiger partial charge in [-0.3, -0.25) is 9.59 Å². The smallest absolute Gasteiger partial charge is 0.323 e. The molecule has 2 N–H and O–H groups in total. The van der Waals surface area contributed by atoms with Crippen LogP contribution in [0.25, 0.3) is 0 Å². The quantitative estimate of drug-likeness (QED) is 0.866. The summed E-state index contributed by atoms with van der Waals surface area (Å²) < 4.78 is 0. The van der Waals surface area contributed by atoms with Crippen molar-refractivity contribution in [3.63, 3.8) is 0 Å². The second kappa shape index (κ2) is 5.48. The SMILES string of the molecule is O=C(O)CN(CC1CC1)C(=O)c1ccc(Cl)cc1O. The number of carboxylic acids is 1. The fourth-order valence-corrected chi connectivity index (χ4v) is 2.02. The molecule has 0 spiro atoms. The van der Waals surface area contributed by atoms with Gasteiger partial charge in [0.25, 0.3) is 5.91 Å². The molecule has 1 aliphatic rings. The Balaban J connectivity index is 2.19. The summed E-state index contributed by atoms with van der Waals surface area (Å²) in [6.07, 6.45) is 2.02. The maximum absolute atomic E-state index is 12.2. The van der Waals surface area contributed by atoms with E-state index < -0.39 is 11.9 Å². The molecule has 1 amide bonds. The standard InChI is InChI=1S/C13H14ClNO4/c14-9-3-4-10(11(16)5-9)13(19)15(7-12(17)18)6-8-1-2-8/h3-5,8,16H,1-2,6-7H2,(H,17,18). The Labute approximate surface area is 115 Å². The predicted molar refractivity (Wildman–Crippen MR) is 69.4 cm³/mol. The highest BCUT2D eigenvalue weighted by Gasteiger charge is 2.29. The van der Waals surface area contributed by atoms with Crippen LogP contribution in [0.1, 0.15) is 23.2 Å². The molecule has 0 aliphatic heterocycles. The summed E-state index contributed by atoms with van der Waals surface area (Å²) >= 11 is 5.70. The van der Waals surface area contributed by atoms with Crippen LogP contribution in [0.4, 0.5) is 0 Å². The van der Waals surface area contributed by atoms with Crippen molar-refractivity contribution in [1.82, 2.24) is 4.90 Å². The summed E-state index contributed by atoms with van der Waals surface area (Å²) in [4.78, 5) is 24.3. The molecular formula is C13H14ClNO4. The van der Waals surface area contributed by atoms with Crippen LogP contribution in [0.5, 0.6) is 5.75 Å². The number of hydrogen-bond acceptors (Lipinski definition) is 3. The van der Waals surface area contributed by atoms with Gasteiger partial charge in [-0.15, -0.1) is 0 Å². The number of carboxylic acid groups (broad SMARTS) is 1. The van der Waals surface area contributed by atoms with Crippen molar-refractivity contribution in [2.45, 2.75) is 12.8 Å². The van der Waals surface area contributed by atoms with Gasteiger partial charge in [-0.1, -0.05) is 11.6 Å². The van der Waals surface area contributed by atoms with Gasteiger partial charge in [-0.2, -0.15) is 0 Å². The molecule has 6 heteroatoms. The molecule has 1 saturated carbocycles. The van der Waals surface area contributed by atoms with Crippen LogP contribution in [0.15, 0.2) is 18.2 Å². The molecule has 102 valence electrons. The molecule has 1 aliphatic carbocycles. The second-order valence-corrected chi connectivity index (χ2v) is 5.12. The molecule has 0 saturated heterocycles. The number of carbonyl (C=O) groups is 2. The lowest BCUT2D eigenvalue weighted by molar-refractivity contribution is -0.137. The first kappa shape index (κ1) is 13.7. The zero-order chi connectivity index (χ0) is 14.0. The van der Waals surface area contributed by atoms with Gasteiger partial charge in [0.05, 0.1) is 5.56 Å². The molecule has 1 aromatic rings. The summed E-state index contributed by atoms with van der Waals surface area (Å²) in [7, 11) is 0. The van der Waals surface area contributed by atoms with Crippen LogP contribution in [-0.4, -0.2) is 40.1 Å². The predicted octanol–water partition coefficient (Wildman–Crippen LogP) is 1.98. The molecular weight excluding hydrogens is 270 g/mol. The number of nitrogens with zero attached hydrogens (tertiary/aromatic N) is 1. The number of aromatic hydroxyl groups is 1. The van der Waals surface area contributed by atoms with Gasteiger partial charge in [0.15, 0.2) is 0 Å². The molecule has 0 bridgehead atoms. The number of rotatable bonds is 5. The van der Waals surface area contributed by atoms with Crippen molar-refractivity contribution in [1.29, 1.82) is 0 Å². The van der Waals surface area contributed by atoms with Crippen LogP contribution in [0.2, 0.25) is 5.02 Å². The van der Waals surface area contributed by atoms with Crippen molar-refractivity contribution in [3.8, 4) is 5.75 Å². The summed E-state index contributed by atoms with van der Waals surface area (Å²) in [5.74, 6) is -1.41. The van der Waals surface area contributed by atoms with Gasteiger partial charge < -0.3 is 15.1 Å². The van der Waals surface area contributed by atoms with Crippen molar-refractivity contribution >= 4 is 23.5 Å². The Morgan fingerprint density at radius 2 is 2.05 bits per heavy atom. The average Bonchev–Trinajstić information content (AvgIpc) is 3.10. The van der Waals surface area contributed by atoms with E-state index in [4.69, 9.17) is 16.7 Å². The summed E-state index contributed by atoms with van der Waals surface area (Å²) in [6.45, 7) is 0.0462. The van der Waals surface area contributed by atoms with Crippen LogP contribution in [0.3, 0.4) is 0 Å². The first-order valence-corrected chi connectivity index (χ1v) is 6.34. The summed E-state index contributed by atoms with van der Waals surface area (Å²) in [5.41, 5.74) is 0.0753. The fraction of sp³-hybridized carbons (Fsp3) is 0.385. The highest BCUT2D eigenvalue weighted by Crippen LogP contribution is 2.31. The van der Waals surface area contributed by atoms with E-state index in [2.05, 4.69) is 0 Å². The molecule has 1 fully saturated rings. The molecule has 0 radical (unpaired) electrons. The van der Waals surface area contributed by atoms with E-state index in [9.17, 15) is 14.7 Å². The van der Waals surface area contributed by atoms with Gasteiger partial charge in [0.1, 0.15) is 12.3 Å². The van der Waals surface area contributed by atoms with E-state index in [1.54, 1.807) is 0 Å². The fourth-order valence-electron chi connectivity index (χ4n) is 1.85. The minimum atomic E-state index is -1.07. The Morgan fingerprint density at radius 3 is 2.58 bits per heavy atom. The lowest BCUT2D eigenvalue weighted by Gasteiger charge is -2.21. The van der Waals surface area contributed by atoms with E-state index >= 15 is 0 Å². The molecule has 5 nitrogen and oxygen atoms in total. The summed E-state index contributed by atoms with van der Waals surface area (Å²) in [6, 6.07) is 4.16. The highest BCUT2D eigenvalue weighted by atomic mass is 35.5. The number of carbonyl (C=O) groups excluding carboxylic acids is 1. The second-order valence-electron chi connectivity index (χ2n) is 4.68. The van der Waals surface area contributed by atoms with Gasteiger partial charge >= 0.3 is 5.97 Å². The lowest BCUT2D eigenvalue weighted by Crippen LogP contribution is -2.37. The van der Waals surface area contributed by atoms with Crippen LogP contribution in [0, 0.1) is 5.92 Å². The van der Waals surface area contributed by atoms with Crippen molar-refractivity contribution < 1.29 is 19.8 Å². The first-order chi connectivity index (χ1) is 8.97. The molecule has 0 atom stereocenters. The van der Waals surface area contributed by atoms with Crippen LogP contribution < -0.4 is 0 Å². The van der Waals surface area contributed by atoms with Gasteiger partial charge in [-0.25, -0.2) is 0 Å². The maximum Gasteiger partial charge on any atom is 0.323 e. The molecule has 19 heavy (non-hydrogen) atoms. The van der Waals surface area contributed by atoms with E-state index in [1.165, 1.54) is 23.1 Å². The van der Waals surface area contributed by atoms with E-state index in [0.29, 0.717) is 17.5 Å². The van der Waals surface area contributed by atoms with Gasteiger partial charge in [0, 0.05) is 11.6 Å². The van der Waals surface area contributed by atoms with E-state index in [-0.39, 0.29) is 17.9 Å². The molecule has 0 heterocycles. The minimum Gasteiger partial charge on any atom is -0.507 e. The third-order valence-electron chi connectivity index (χ3n) is 2.98. The molecule has 0 unspecified atom stereocenters. The number of halogens is 1. The number of benzene rings is 1. The Kier molecular flexibility index (Phi) is 3.95. The number of phenolic OH excluding ortho intramolecular Hbond substituents is 1. The van der Waals surface area contributed by atoms with E-state index in [1.807, 2.05) is 0 Å². The molecule has 1 aromatic carbocycles. The van der Waals surface area contributed by atoms with Gasteiger partial charge in [0.2, 0.25) is 0 Å². The third kappa shape index (κ3) is 3.61. The minimum absolute atomic E-state index is 0.0753. The number of hydrogen-bond donors (Lipinski definition) is 2. The largest absolute Gasteiger partial charge is 0.507 e. The average molecular weight is 284 g/mol. The van der Waals surface area contributed by atoms with Crippen molar-refractivity contribution in [3.05, 3.63) is 28.8 Å².